The topological polar surface area (TPSA) is 52.0 Å². The first kappa shape index (κ1) is 14.8. The Bertz CT molecular complexity index is 568. The first-order valence-corrected chi connectivity index (χ1v) is 6.94. The Kier molecular flexibility index (Phi) is 4.98. The van der Waals surface area contributed by atoms with Gasteiger partial charge < -0.3 is 10.1 Å². The van der Waals surface area contributed by atoms with E-state index < -0.39 is 0 Å². The summed E-state index contributed by atoms with van der Waals surface area (Å²) in [5.74, 6) is 1.34. The second-order valence-electron chi connectivity index (χ2n) is 5.00. The third kappa shape index (κ3) is 3.71. The number of benzene rings is 1. The van der Waals surface area contributed by atoms with Crippen molar-refractivity contribution in [2.24, 2.45) is 5.92 Å². The van der Waals surface area contributed by atoms with Crippen molar-refractivity contribution in [1.82, 2.24) is 20.3 Å². The molecule has 2 rings (SSSR count). The van der Waals surface area contributed by atoms with E-state index in [0.717, 1.165) is 23.7 Å². The molecule has 2 aromatic rings. The van der Waals surface area contributed by atoms with Gasteiger partial charge in [0.2, 0.25) is 0 Å². The van der Waals surface area contributed by atoms with Crippen molar-refractivity contribution in [2.75, 3.05) is 13.7 Å². The highest BCUT2D eigenvalue weighted by Gasteiger charge is 2.08. The number of hydrogen-bond donors (Lipinski definition) is 1. The summed E-state index contributed by atoms with van der Waals surface area (Å²) in [5.41, 5.74) is 1.64. The van der Waals surface area contributed by atoms with Gasteiger partial charge >= 0.3 is 0 Å². The molecule has 0 aliphatic rings. The zero-order valence-electron chi connectivity index (χ0n) is 11.9. The van der Waals surface area contributed by atoms with Gasteiger partial charge in [-0.2, -0.15) is 0 Å². The summed E-state index contributed by atoms with van der Waals surface area (Å²) in [6, 6.07) is 5.43. The number of aromatic nitrogens is 3. The van der Waals surface area contributed by atoms with Crippen molar-refractivity contribution in [3.63, 3.8) is 0 Å². The molecule has 0 aliphatic carbocycles. The van der Waals surface area contributed by atoms with Gasteiger partial charge in [-0.25, -0.2) is 4.68 Å². The van der Waals surface area contributed by atoms with Gasteiger partial charge in [0.15, 0.2) is 0 Å². The lowest BCUT2D eigenvalue weighted by atomic mass is 10.2. The van der Waals surface area contributed by atoms with Gasteiger partial charge in [0.1, 0.15) is 5.75 Å². The highest BCUT2D eigenvalue weighted by atomic mass is 35.5. The summed E-state index contributed by atoms with van der Waals surface area (Å²) >= 11 is 6.18. The summed E-state index contributed by atoms with van der Waals surface area (Å²) in [4.78, 5) is 0. The predicted octanol–water partition coefficient (Wildman–Crippen LogP) is 2.67. The maximum atomic E-state index is 6.18. The molecule has 5 nitrogen and oxygen atoms in total. The number of nitrogens with zero attached hydrogens (tertiary/aromatic N) is 3. The normalized spacial score (nSPS) is 11.1. The molecular formula is C14H19ClN4O. The van der Waals surface area contributed by atoms with E-state index in [2.05, 4.69) is 29.5 Å². The van der Waals surface area contributed by atoms with Crippen molar-refractivity contribution >= 4 is 11.6 Å². The highest BCUT2D eigenvalue weighted by molar-refractivity contribution is 6.32. The third-order valence-electron chi connectivity index (χ3n) is 2.80. The average Bonchev–Trinajstić information content (AvgIpc) is 2.87. The summed E-state index contributed by atoms with van der Waals surface area (Å²) in [6.07, 6.45) is 1.87. The monoisotopic (exact) mass is 294 g/mol. The largest absolute Gasteiger partial charge is 0.497 e. The van der Waals surface area contributed by atoms with Gasteiger partial charge in [0.25, 0.3) is 0 Å². The first-order valence-electron chi connectivity index (χ1n) is 6.56. The van der Waals surface area contributed by atoms with Crippen molar-refractivity contribution in [3.8, 4) is 11.4 Å². The zero-order valence-corrected chi connectivity index (χ0v) is 12.7. The summed E-state index contributed by atoms with van der Waals surface area (Å²) in [6.45, 7) is 5.98. The maximum absolute atomic E-state index is 6.18. The first-order chi connectivity index (χ1) is 9.60. The fourth-order valence-corrected chi connectivity index (χ4v) is 1.99. The van der Waals surface area contributed by atoms with Crippen molar-refractivity contribution in [3.05, 3.63) is 35.1 Å². The second kappa shape index (κ2) is 6.72. The third-order valence-corrected chi connectivity index (χ3v) is 3.12. The Balaban J connectivity index is 2.12. The molecule has 0 spiro atoms. The SMILES string of the molecule is COc1ccc(Cl)c(-n2cc(CNCC(C)C)nn2)c1. The highest BCUT2D eigenvalue weighted by Crippen LogP contribution is 2.24. The quantitative estimate of drug-likeness (QED) is 0.890. The number of methoxy groups -OCH3 is 1. The molecule has 0 saturated carbocycles. The maximum Gasteiger partial charge on any atom is 0.121 e. The zero-order chi connectivity index (χ0) is 14.5. The van der Waals surface area contributed by atoms with Gasteiger partial charge in [-0.05, 0) is 24.6 Å². The molecule has 0 unspecified atom stereocenters. The number of hydrogen-bond acceptors (Lipinski definition) is 4. The van der Waals surface area contributed by atoms with Crippen LogP contribution in [0, 0.1) is 5.92 Å². The van der Waals surface area contributed by atoms with Crippen molar-refractivity contribution in [2.45, 2.75) is 20.4 Å². The Hall–Kier alpha value is -1.59. The van der Waals surface area contributed by atoms with E-state index in [-0.39, 0.29) is 0 Å². The lowest BCUT2D eigenvalue weighted by molar-refractivity contribution is 0.414. The molecule has 20 heavy (non-hydrogen) atoms. The molecule has 108 valence electrons. The molecule has 1 heterocycles. The van der Waals surface area contributed by atoms with Crippen LogP contribution in [0.25, 0.3) is 5.69 Å². The Labute approximate surface area is 123 Å². The minimum atomic E-state index is 0.609. The predicted molar refractivity (Wildman–Crippen MR) is 79.5 cm³/mol. The van der Waals surface area contributed by atoms with Gasteiger partial charge in [-0.3, -0.25) is 0 Å². The van der Waals surface area contributed by atoms with Crippen LogP contribution < -0.4 is 10.1 Å². The standard InChI is InChI=1S/C14H19ClN4O/c1-10(2)7-16-8-11-9-19(18-17-11)14-6-12(20-3)4-5-13(14)15/h4-6,9-10,16H,7-8H2,1-3H3. The van der Waals surface area contributed by atoms with Crippen LogP contribution in [0.5, 0.6) is 5.75 Å². The molecule has 1 aromatic carbocycles. The van der Waals surface area contributed by atoms with Crippen LogP contribution in [0.3, 0.4) is 0 Å². The summed E-state index contributed by atoms with van der Waals surface area (Å²) in [7, 11) is 1.62. The molecule has 1 aromatic heterocycles. The minimum Gasteiger partial charge on any atom is -0.497 e. The van der Waals surface area contributed by atoms with Crippen LogP contribution in [0.1, 0.15) is 19.5 Å². The molecule has 0 atom stereocenters. The Morgan fingerprint density at radius 3 is 2.90 bits per heavy atom. The summed E-state index contributed by atoms with van der Waals surface area (Å²) < 4.78 is 6.86. The van der Waals surface area contributed by atoms with E-state index in [0.29, 0.717) is 17.5 Å². The number of halogens is 1. The molecule has 0 radical (unpaired) electrons. The van der Waals surface area contributed by atoms with Gasteiger partial charge in [0, 0.05) is 12.6 Å². The molecule has 0 amide bonds. The lowest BCUT2D eigenvalue weighted by Crippen LogP contribution is -2.19. The van der Waals surface area contributed by atoms with E-state index in [1.165, 1.54) is 0 Å². The van der Waals surface area contributed by atoms with Crippen LogP contribution in [0.4, 0.5) is 0 Å². The van der Waals surface area contributed by atoms with E-state index >= 15 is 0 Å². The molecule has 6 heteroatoms. The second-order valence-corrected chi connectivity index (χ2v) is 5.40. The van der Waals surface area contributed by atoms with E-state index in [9.17, 15) is 0 Å². The Morgan fingerprint density at radius 1 is 1.40 bits per heavy atom. The average molecular weight is 295 g/mol. The molecule has 0 saturated heterocycles. The molecule has 1 N–H and O–H groups in total. The Morgan fingerprint density at radius 2 is 2.20 bits per heavy atom. The van der Waals surface area contributed by atoms with Gasteiger partial charge in [-0.15, -0.1) is 5.10 Å². The fraction of sp³-hybridized carbons (Fsp3) is 0.429. The lowest BCUT2D eigenvalue weighted by Gasteiger charge is -2.06. The number of ether oxygens (including phenoxy) is 1. The molecule has 0 bridgehead atoms. The summed E-state index contributed by atoms with van der Waals surface area (Å²) in [5, 5.41) is 12.2. The molecular weight excluding hydrogens is 276 g/mol. The number of rotatable bonds is 6. The van der Waals surface area contributed by atoms with E-state index in [1.807, 2.05) is 18.3 Å². The van der Waals surface area contributed by atoms with Crippen LogP contribution in [-0.4, -0.2) is 28.6 Å². The van der Waals surface area contributed by atoms with Crippen LogP contribution in [0.15, 0.2) is 24.4 Å². The van der Waals surface area contributed by atoms with Gasteiger partial charge in [0.05, 0.1) is 29.7 Å². The van der Waals surface area contributed by atoms with Crippen molar-refractivity contribution in [1.29, 1.82) is 0 Å². The van der Waals surface area contributed by atoms with Crippen molar-refractivity contribution < 1.29 is 4.74 Å². The van der Waals surface area contributed by atoms with Crippen LogP contribution in [-0.2, 0) is 6.54 Å². The van der Waals surface area contributed by atoms with Gasteiger partial charge in [-0.1, -0.05) is 30.7 Å². The number of nitrogens with one attached hydrogen (secondary N) is 1. The molecule has 0 fully saturated rings. The van der Waals surface area contributed by atoms with Crippen LogP contribution in [0.2, 0.25) is 5.02 Å². The van der Waals surface area contributed by atoms with Crippen LogP contribution >= 0.6 is 11.6 Å². The smallest absolute Gasteiger partial charge is 0.121 e. The van der Waals surface area contributed by atoms with E-state index in [4.69, 9.17) is 16.3 Å². The molecule has 0 aliphatic heterocycles. The minimum absolute atomic E-state index is 0.609. The fourth-order valence-electron chi connectivity index (χ4n) is 1.78. The van der Waals surface area contributed by atoms with E-state index in [1.54, 1.807) is 17.9 Å².